The highest BCUT2D eigenvalue weighted by molar-refractivity contribution is 6.33. The van der Waals surface area contributed by atoms with Gasteiger partial charge in [-0.2, -0.15) is 0 Å². The summed E-state index contributed by atoms with van der Waals surface area (Å²) in [5.74, 6) is 2.55. The van der Waals surface area contributed by atoms with Gasteiger partial charge in [-0.1, -0.05) is 48.0 Å². The standard InChI is InChI=1S/C30H35ClN2O4/c1-35-29-18-26(32)25(31)17-24(29)27(34)10-8-21-12-14-33(15-13-21)19-23-9-11-28(30(16-23)36-2)37-20-22-6-4-3-5-7-22/h3-7,9,11,16-18,21H,8,10,12-15,19-20,32H2,1-2H3. The second-order valence-electron chi connectivity index (χ2n) is 9.51. The van der Waals surface area contributed by atoms with E-state index >= 15 is 0 Å². The quantitative estimate of drug-likeness (QED) is 0.232. The molecule has 0 bridgehead atoms. The summed E-state index contributed by atoms with van der Waals surface area (Å²) in [5, 5.41) is 0.380. The molecule has 1 heterocycles. The molecule has 1 aliphatic rings. The van der Waals surface area contributed by atoms with E-state index in [9.17, 15) is 4.79 Å². The predicted octanol–water partition coefficient (Wildman–Crippen LogP) is 6.39. The largest absolute Gasteiger partial charge is 0.496 e. The molecule has 0 aliphatic carbocycles. The number of anilines is 1. The lowest BCUT2D eigenvalue weighted by molar-refractivity contribution is 0.0958. The summed E-state index contributed by atoms with van der Waals surface area (Å²) in [7, 11) is 3.21. The van der Waals surface area contributed by atoms with E-state index in [0.717, 1.165) is 56.0 Å². The average Bonchev–Trinajstić information content (AvgIpc) is 2.93. The van der Waals surface area contributed by atoms with E-state index in [0.29, 0.717) is 41.0 Å². The van der Waals surface area contributed by atoms with Gasteiger partial charge in [0.2, 0.25) is 0 Å². The normalized spacial score (nSPS) is 14.4. The van der Waals surface area contributed by atoms with Gasteiger partial charge in [0, 0.05) is 19.0 Å². The van der Waals surface area contributed by atoms with Gasteiger partial charge in [-0.05, 0) is 67.6 Å². The number of ketones is 1. The molecule has 0 saturated carbocycles. The van der Waals surface area contributed by atoms with Gasteiger partial charge in [0.25, 0.3) is 0 Å². The maximum absolute atomic E-state index is 12.8. The molecule has 0 spiro atoms. The van der Waals surface area contributed by atoms with Crippen molar-refractivity contribution in [2.24, 2.45) is 5.92 Å². The van der Waals surface area contributed by atoms with E-state index in [2.05, 4.69) is 17.0 Å². The van der Waals surface area contributed by atoms with Crippen LogP contribution in [0.25, 0.3) is 0 Å². The lowest BCUT2D eigenvalue weighted by atomic mass is 9.90. The SMILES string of the molecule is COc1cc(CN2CCC(CCC(=O)c3cc(Cl)c(N)cc3OC)CC2)ccc1OCc1ccccc1. The molecule has 0 amide bonds. The predicted molar refractivity (Wildman–Crippen MR) is 148 cm³/mol. The number of ether oxygens (including phenoxy) is 3. The third-order valence-electron chi connectivity index (χ3n) is 6.98. The molecule has 4 rings (SSSR count). The van der Waals surface area contributed by atoms with Crippen molar-refractivity contribution in [1.29, 1.82) is 0 Å². The van der Waals surface area contributed by atoms with Crippen molar-refractivity contribution in [3.05, 3.63) is 82.4 Å². The number of hydrogen-bond acceptors (Lipinski definition) is 6. The van der Waals surface area contributed by atoms with Crippen LogP contribution in [0.2, 0.25) is 5.02 Å². The molecule has 0 aromatic heterocycles. The van der Waals surface area contributed by atoms with E-state index < -0.39 is 0 Å². The molecular weight excluding hydrogens is 488 g/mol. The van der Waals surface area contributed by atoms with Gasteiger partial charge in [-0.15, -0.1) is 0 Å². The highest BCUT2D eigenvalue weighted by atomic mass is 35.5. The minimum Gasteiger partial charge on any atom is -0.496 e. The Hall–Kier alpha value is -3.22. The first-order valence-corrected chi connectivity index (χ1v) is 13.1. The zero-order chi connectivity index (χ0) is 26.2. The number of halogens is 1. The Morgan fingerprint density at radius 1 is 0.946 bits per heavy atom. The molecule has 37 heavy (non-hydrogen) atoms. The van der Waals surface area contributed by atoms with Gasteiger partial charge < -0.3 is 19.9 Å². The Labute approximate surface area is 224 Å². The lowest BCUT2D eigenvalue weighted by Crippen LogP contribution is -2.33. The van der Waals surface area contributed by atoms with Crippen LogP contribution in [0.1, 0.15) is 47.2 Å². The molecular formula is C30H35ClN2O4. The van der Waals surface area contributed by atoms with Gasteiger partial charge in [-0.3, -0.25) is 9.69 Å². The summed E-state index contributed by atoms with van der Waals surface area (Å²) in [6, 6.07) is 19.5. The van der Waals surface area contributed by atoms with Crippen LogP contribution in [0, 0.1) is 5.92 Å². The minimum atomic E-state index is 0.0443. The van der Waals surface area contributed by atoms with Gasteiger partial charge in [0.1, 0.15) is 12.4 Å². The van der Waals surface area contributed by atoms with Crippen molar-refractivity contribution in [2.75, 3.05) is 33.0 Å². The first-order chi connectivity index (χ1) is 18.0. The summed E-state index contributed by atoms with van der Waals surface area (Å²) in [6.45, 7) is 3.38. The van der Waals surface area contributed by atoms with Crippen LogP contribution in [0.3, 0.4) is 0 Å². The van der Waals surface area contributed by atoms with Crippen molar-refractivity contribution in [3.8, 4) is 17.2 Å². The molecule has 3 aromatic rings. The summed E-state index contributed by atoms with van der Waals surface area (Å²) >= 11 is 6.13. The van der Waals surface area contributed by atoms with E-state index in [1.165, 1.54) is 12.7 Å². The monoisotopic (exact) mass is 522 g/mol. The van der Waals surface area contributed by atoms with Crippen molar-refractivity contribution < 1.29 is 19.0 Å². The zero-order valence-corrected chi connectivity index (χ0v) is 22.3. The topological polar surface area (TPSA) is 74.0 Å². The van der Waals surface area contributed by atoms with Crippen LogP contribution < -0.4 is 19.9 Å². The smallest absolute Gasteiger partial charge is 0.166 e. The van der Waals surface area contributed by atoms with Crippen LogP contribution in [0.15, 0.2) is 60.7 Å². The summed E-state index contributed by atoms with van der Waals surface area (Å²) in [5.41, 5.74) is 9.08. The van der Waals surface area contributed by atoms with E-state index in [1.807, 2.05) is 36.4 Å². The van der Waals surface area contributed by atoms with Crippen molar-refractivity contribution in [2.45, 2.75) is 38.8 Å². The second-order valence-corrected chi connectivity index (χ2v) is 9.92. The maximum Gasteiger partial charge on any atom is 0.166 e. The first-order valence-electron chi connectivity index (χ1n) is 12.7. The molecule has 7 heteroatoms. The number of benzene rings is 3. The number of likely N-dealkylation sites (tertiary alicyclic amines) is 1. The third-order valence-corrected chi connectivity index (χ3v) is 7.30. The van der Waals surface area contributed by atoms with Crippen LogP contribution in [-0.2, 0) is 13.2 Å². The van der Waals surface area contributed by atoms with E-state index in [4.69, 9.17) is 31.5 Å². The van der Waals surface area contributed by atoms with Crippen LogP contribution in [0.4, 0.5) is 5.69 Å². The molecule has 1 fully saturated rings. The molecule has 2 N–H and O–H groups in total. The highest BCUT2D eigenvalue weighted by Gasteiger charge is 2.22. The highest BCUT2D eigenvalue weighted by Crippen LogP contribution is 2.32. The molecule has 3 aromatic carbocycles. The molecule has 1 aliphatic heterocycles. The number of piperidine rings is 1. The second kappa shape index (κ2) is 12.8. The average molecular weight is 523 g/mol. The number of nitrogen functional groups attached to an aromatic ring is 1. The number of carbonyl (C=O) groups is 1. The summed E-state index contributed by atoms with van der Waals surface area (Å²) in [4.78, 5) is 15.3. The number of nitrogens with two attached hydrogens (primary N) is 1. The Bertz CT molecular complexity index is 1190. The fourth-order valence-corrected chi connectivity index (χ4v) is 4.95. The molecule has 1 saturated heterocycles. The van der Waals surface area contributed by atoms with Crippen LogP contribution >= 0.6 is 11.6 Å². The number of hydrogen-bond donors (Lipinski definition) is 1. The molecule has 0 unspecified atom stereocenters. The minimum absolute atomic E-state index is 0.0443. The van der Waals surface area contributed by atoms with E-state index in [-0.39, 0.29) is 5.78 Å². The number of nitrogens with zero attached hydrogens (tertiary/aromatic N) is 1. The summed E-state index contributed by atoms with van der Waals surface area (Å²) < 4.78 is 16.9. The molecule has 0 atom stereocenters. The number of methoxy groups -OCH3 is 2. The van der Waals surface area contributed by atoms with Gasteiger partial charge in [0.05, 0.1) is 30.5 Å². The number of carbonyl (C=O) groups excluding carboxylic acids is 1. The molecule has 0 radical (unpaired) electrons. The molecule has 196 valence electrons. The summed E-state index contributed by atoms with van der Waals surface area (Å²) in [6.07, 6.45) is 3.48. The first kappa shape index (κ1) is 26.8. The lowest BCUT2D eigenvalue weighted by Gasteiger charge is -2.32. The maximum atomic E-state index is 12.8. The third kappa shape index (κ3) is 7.18. The number of rotatable bonds is 11. The Kier molecular flexibility index (Phi) is 9.31. The van der Waals surface area contributed by atoms with Gasteiger partial charge in [0.15, 0.2) is 17.3 Å². The van der Waals surface area contributed by atoms with Gasteiger partial charge >= 0.3 is 0 Å². The van der Waals surface area contributed by atoms with Crippen molar-refractivity contribution in [3.63, 3.8) is 0 Å². The van der Waals surface area contributed by atoms with Gasteiger partial charge in [-0.25, -0.2) is 0 Å². The molecule has 6 nitrogen and oxygen atoms in total. The van der Waals surface area contributed by atoms with E-state index in [1.54, 1.807) is 19.2 Å². The fourth-order valence-electron chi connectivity index (χ4n) is 4.78. The van der Waals surface area contributed by atoms with Crippen molar-refractivity contribution >= 4 is 23.1 Å². The Morgan fingerprint density at radius 3 is 2.38 bits per heavy atom. The van der Waals surface area contributed by atoms with Crippen LogP contribution in [-0.4, -0.2) is 38.0 Å². The van der Waals surface area contributed by atoms with Crippen LogP contribution in [0.5, 0.6) is 17.2 Å². The number of Topliss-reactive ketones (excluding diaryl/α,β-unsaturated/α-hetero) is 1. The zero-order valence-electron chi connectivity index (χ0n) is 21.5. The van der Waals surface area contributed by atoms with Crippen molar-refractivity contribution in [1.82, 2.24) is 4.90 Å². The Morgan fingerprint density at radius 2 is 1.68 bits per heavy atom. The Balaban J connectivity index is 1.25. The fraction of sp³-hybridized carbons (Fsp3) is 0.367.